The Hall–Kier alpha value is -1.62. The number of aromatic carboxylic acids is 1. The maximum absolute atomic E-state index is 11.2. The Bertz CT molecular complexity index is 447. The van der Waals surface area contributed by atoms with Crippen LogP contribution in [-0.4, -0.2) is 42.4 Å². The van der Waals surface area contributed by atoms with Crippen LogP contribution in [0.25, 0.3) is 0 Å². The topological polar surface area (TPSA) is 62.7 Å². The van der Waals surface area contributed by atoms with Gasteiger partial charge in [-0.15, -0.1) is 0 Å². The maximum atomic E-state index is 11.2. The number of anilines is 1. The number of aryl methyl sites for hydroxylation is 1. The van der Waals surface area contributed by atoms with Gasteiger partial charge in [-0.2, -0.15) is 0 Å². The molecule has 5 heteroatoms. The number of rotatable bonds is 8. The van der Waals surface area contributed by atoms with Gasteiger partial charge in [0, 0.05) is 25.4 Å². The van der Waals surface area contributed by atoms with Crippen molar-refractivity contribution in [2.24, 2.45) is 0 Å². The molecule has 0 spiro atoms. The van der Waals surface area contributed by atoms with E-state index in [0.29, 0.717) is 24.5 Å². The number of hydrogen-bond acceptors (Lipinski definition) is 4. The second-order valence-corrected chi connectivity index (χ2v) is 5.04. The molecule has 0 aliphatic rings. The fraction of sp³-hybridized carbons (Fsp3) is 0.600. The zero-order valence-corrected chi connectivity index (χ0v) is 12.7. The third kappa shape index (κ3) is 4.49. The molecule has 0 aliphatic heterocycles. The van der Waals surface area contributed by atoms with E-state index >= 15 is 0 Å². The van der Waals surface area contributed by atoms with Crippen molar-refractivity contribution in [2.75, 3.05) is 25.2 Å². The molecule has 1 rings (SSSR count). The predicted octanol–water partition coefficient (Wildman–Crippen LogP) is 2.59. The zero-order chi connectivity index (χ0) is 15.1. The lowest BCUT2D eigenvalue weighted by Gasteiger charge is -2.28. The van der Waals surface area contributed by atoms with Crippen LogP contribution in [0, 0.1) is 0 Å². The van der Waals surface area contributed by atoms with Crippen molar-refractivity contribution < 1.29 is 14.6 Å². The van der Waals surface area contributed by atoms with Crippen LogP contribution in [0.3, 0.4) is 0 Å². The second kappa shape index (κ2) is 7.85. The lowest BCUT2D eigenvalue weighted by atomic mass is 10.1. The quantitative estimate of drug-likeness (QED) is 0.793. The highest BCUT2D eigenvalue weighted by Gasteiger charge is 2.15. The molecule has 0 unspecified atom stereocenters. The molecule has 0 atom stereocenters. The number of pyridine rings is 1. The summed E-state index contributed by atoms with van der Waals surface area (Å²) in [5.74, 6) is -0.207. The van der Waals surface area contributed by atoms with Crippen molar-refractivity contribution in [1.29, 1.82) is 0 Å². The molecule has 0 saturated heterocycles. The van der Waals surface area contributed by atoms with E-state index in [1.807, 2.05) is 0 Å². The Morgan fingerprint density at radius 1 is 1.45 bits per heavy atom. The van der Waals surface area contributed by atoms with E-state index in [9.17, 15) is 9.90 Å². The number of hydrogen-bond donors (Lipinski definition) is 1. The number of ether oxygens (including phenoxy) is 1. The third-order valence-corrected chi connectivity index (χ3v) is 3.07. The first-order chi connectivity index (χ1) is 9.49. The molecular formula is C15H24N2O3. The molecule has 5 nitrogen and oxygen atoms in total. The van der Waals surface area contributed by atoms with E-state index in [1.165, 1.54) is 0 Å². The minimum atomic E-state index is -0.915. The van der Waals surface area contributed by atoms with E-state index in [2.05, 4.69) is 30.7 Å². The van der Waals surface area contributed by atoms with Crippen molar-refractivity contribution in [1.82, 2.24) is 4.98 Å². The minimum Gasteiger partial charge on any atom is -0.478 e. The van der Waals surface area contributed by atoms with E-state index in [-0.39, 0.29) is 6.04 Å². The van der Waals surface area contributed by atoms with Gasteiger partial charge in [0.05, 0.1) is 12.2 Å². The van der Waals surface area contributed by atoms with E-state index in [1.54, 1.807) is 19.2 Å². The van der Waals surface area contributed by atoms with Crippen LogP contribution < -0.4 is 4.90 Å². The summed E-state index contributed by atoms with van der Waals surface area (Å²) in [5, 5.41) is 9.23. The van der Waals surface area contributed by atoms with Crippen LogP contribution >= 0.6 is 0 Å². The van der Waals surface area contributed by atoms with E-state index in [0.717, 1.165) is 18.5 Å². The van der Waals surface area contributed by atoms with E-state index < -0.39 is 5.97 Å². The molecule has 0 amide bonds. The summed E-state index contributed by atoms with van der Waals surface area (Å²) >= 11 is 0. The highest BCUT2D eigenvalue weighted by Crippen LogP contribution is 2.18. The van der Waals surface area contributed by atoms with Gasteiger partial charge in [-0.3, -0.25) is 0 Å². The van der Waals surface area contributed by atoms with Crippen LogP contribution in [0.2, 0.25) is 0 Å². The van der Waals surface area contributed by atoms with Gasteiger partial charge in [-0.25, -0.2) is 9.78 Å². The standard InChI is InChI=1S/C15H24N2O3/c1-5-6-13-9-12(15(18)19)10-14(16-13)17(11(2)3)7-8-20-4/h9-11H,5-8H2,1-4H3,(H,18,19). The summed E-state index contributed by atoms with van der Waals surface area (Å²) in [6.45, 7) is 7.45. The van der Waals surface area contributed by atoms with Crippen molar-refractivity contribution in [3.05, 3.63) is 23.4 Å². The van der Waals surface area contributed by atoms with Crippen LogP contribution in [0.1, 0.15) is 43.2 Å². The van der Waals surface area contributed by atoms with Crippen LogP contribution in [-0.2, 0) is 11.2 Å². The van der Waals surface area contributed by atoms with Gasteiger partial charge in [0.25, 0.3) is 0 Å². The molecule has 0 bridgehead atoms. The number of carboxylic acids is 1. The molecule has 0 saturated carbocycles. The highest BCUT2D eigenvalue weighted by atomic mass is 16.5. The fourth-order valence-electron chi connectivity index (χ4n) is 2.05. The first-order valence-corrected chi connectivity index (χ1v) is 6.99. The van der Waals surface area contributed by atoms with Crippen molar-refractivity contribution >= 4 is 11.8 Å². The molecule has 1 aromatic heterocycles. The summed E-state index contributed by atoms with van der Waals surface area (Å²) in [6.07, 6.45) is 1.72. The molecule has 112 valence electrons. The zero-order valence-electron chi connectivity index (χ0n) is 12.7. The average molecular weight is 280 g/mol. The van der Waals surface area contributed by atoms with Gasteiger partial charge in [0.1, 0.15) is 5.82 Å². The first kappa shape index (κ1) is 16.4. The van der Waals surface area contributed by atoms with Gasteiger partial charge >= 0.3 is 5.97 Å². The third-order valence-electron chi connectivity index (χ3n) is 3.07. The molecule has 1 heterocycles. The van der Waals surface area contributed by atoms with Gasteiger partial charge in [-0.05, 0) is 32.4 Å². The molecule has 0 fully saturated rings. The Morgan fingerprint density at radius 2 is 2.15 bits per heavy atom. The first-order valence-electron chi connectivity index (χ1n) is 6.99. The van der Waals surface area contributed by atoms with Crippen LogP contribution in [0.4, 0.5) is 5.82 Å². The van der Waals surface area contributed by atoms with Crippen LogP contribution in [0.5, 0.6) is 0 Å². The summed E-state index contributed by atoms with van der Waals surface area (Å²) in [7, 11) is 1.65. The van der Waals surface area contributed by atoms with Crippen molar-refractivity contribution in [3.63, 3.8) is 0 Å². The predicted molar refractivity (Wildman–Crippen MR) is 79.5 cm³/mol. The Morgan fingerprint density at radius 3 is 2.65 bits per heavy atom. The largest absolute Gasteiger partial charge is 0.478 e. The number of carbonyl (C=O) groups is 1. The number of methoxy groups -OCH3 is 1. The number of carboxylic acid groups (broad SMARTS) is 1. The number of nitrogens with zero attached hydrogens (tertiary/aromatic N) is 2. The summed E-state index contributed by atoms with van der Waals surface area (Å²) in [5.41, 5.74) is 1.12. The van der Waals surface area contributed by atoms with Gasteiger partial charge in [0.15, 0.2) is 0 Å². The Balaban J connectivity index is 3.14. The lowest BCUT2D eigenvalue weighted by molar-refractivity contribution is 0.0696. The molecule has 1 N–H and O–H groups in total. The fourth-order valence-corrected chi connectivity index (χ4v) is 2.05. The summed E-state index contributed by atoms with van der Waals surface area (Å²) < 4.78 is 5.11. The van der Waals surface area contributed by atoms with Crippen molar-refractivity contribution in [3.8, 4) is 0 Å². The molecule has 20 heavy (non-hydrogen) atoms. The molecule has 1 aromatic rings. The summed E-state index contributed by atoms with van der Waals surface area (Å²) in [6, 6.07) is 3.53. The SMILES string of the molecule is CCCc1cc(C(=O)O)cc(N(CCOC)C(C)C)n1. The Kier molecular flexibility index (Phi) is 6.45. The smallest absolute Gasteiger partial charge is 0.335 e. The summed E-state index contributed by atoms with van der Waals surface area (Å²) in [4.78, 5) is 17.9. The monoisotopic (exact) mass is 280 g/mol. The van der Waals surface area contributed by atoms with Crippen LogP contribution in [0.15, 0.2) is 12.1 Å². The Labute approximate surface area is 120 Å². The maximum Gasteiger partial charge on any atom is 0.335 e. The van der Waals surface area contributed by atoms with Crippen molar-refractivity contribution in [2.45, 2.75) is 39.7 Å². The normalized spacial score (nSPS) is 10.8. The molecule has 0 radical (unpaired) electrons. The van der Waals surface area contributed by atoms with Gasteiger partial charge < -0.3 is 14.7 Å². The van der Waals surface area contributed by atoms with E-state index in [4.69, 9.17) is 4.74 Å². The average Bonchev–Trinajstić information content (AvgIpc) is 2.39. The molecule has 0 aromatic carbocycles. The van der Waals surface area contributed by atoms with Gasteiger partial charge in [0.2, 0.25) is 0 Å². The lowest BCUT2D eigenvalue weighted by Crippen LogP contribution is -2.34. The minimum absolute atomic E-state index is 0.233. The van der Waals surface area contributed by atoms with Gasteiger partial charge in [-0.1, -0.05) is 13.3 Å². The molecular weight excluding hydrogens is 256 g/mol. The second-order valence-electron chi connectivity index (χ2n) is 5.04. The highest BCUT2D eigenvalue weighted by molar-refractivity contribution is 5.88. The number of aromatic nitrogens is 1. The molecule has 0 aliphatic carbocycles.